The Kier molecular flexibility index (Phi) is 8.56. The number of nitrogens with zero attached hydrogens (tertiary/aromatic N) is 3. The summed E-state index contributed by atoms with van der Waals surface area (Å²) in [5, 5.41) is 14.0. The lowest BCUT2D eigenvalue weighted by Gasteiger charge is -2.31. The lowest BCUT2D eigenvalue weighted by Crippen LogP contribution is -2.50. The van der Waals surface area contributed by atoms with Crippen LogP contribution in [0.4, 0.5) is 11.4 Å². The van der Waals surface area contributed by atoms with Crippen molar-refractivity contribution in [2.45, 2.75) is 32.7 Å². The summed E-state index contributed by atoms with van der Waals surface area (Å²) in [4.78, 5) is 25.7. The maximum Gasteiger partial charge on any atom is 0.271 e. The molecular formula is C19H30N4O6S. The summed E-state index contributed by atoms with van der Waals surface area (Å²) >= 11 is 0. The summed E-state index contributed by atoms with van der Waals surface area (Å²) in [6.45, 7) is 7.73. The van der Waals surface area contributed by atoms with E-state index in [-0.39, 0.29) is 17.8 Å². The van der Waals surface area contributed by atoms with Crippen molar-refractivity contribution in [3.8, 4) is 0 Å². The molecule has 1 aromatic carbocycles. The van der Waals surface area contributed by atoms with Gasteiger partial charge in [0.05, 0.1) is 30.1 Å². The predicted octanol–water partition coefficient (Wildman–Crippen LogP) is 1.29. The molecule has 0 aliphatic carbocycles. The smallest absolute Gasteiger partial charge is 0.271 e. The standard InChI is InChI=1S/C19H30N4O6S/c1-4-17(19(24)20-8-5-9-21-10-12-29-13-11-21)22(30(3,27)28)18-14-16(23(25)26)7-6-15(18)2/h6-7,14,17H,4-5,8-13H2,1-3H3,(H,20,24)/t17-/m0/s1. The highest BCUT2D eigenvalue weighted by molar-refractivity contribution is 7.92. The minimum absolute atomic E-state index is 0.141. The van der Waals surface area contributed by atoms with Gasteiger partial charge in [-0.1, -0.05) is 13.0 Å². The van der Waals surface area contributed by atoms with Gasteiger partial charge in [0.25, 0.3) is 5.69 Å². The first-order chi connectivity index (χ1) is 14.1. The lowest BCUT2D eigenvalue weighted by molar-refractivity contribution is -0.384. The number of ether oxygens (including phenoxy) is 1. The van der Waals surface area contributed by atoms with E-state index < -0.39 is 26.9 Å². The van der Waals surface area contributed by atoms with Crippen molar-refractivity contribution in [3.63, 3.8) is 0 Å². The van der Waals surface area contributed by atoms with Crippen molar-refractivity contribution in [3.05, 3.63) is 33.9 Å². The van der Waals surface area contributed by atoms with Crippen LogP contribution in [0.2, 0.25) is 0 Å². The summed E-state index contributed by atoms with van der Waals surface area (Å²) in [5.74, 6) is -0.421. The number of carbonyl (C=O) groups excluding carboxylic acids is 1. The molecule has 1 saturated heterocycles. The van der Waals surface area contributed by atoms with Crippen LogP contribution in [0, 0.1) is 17.0 Å². The SMILES string of the molecule is CC[C@@H](C(=O)NCCCN1CCOCC1)N(c1cc([N+](=O)[O-])ccc1C)S(C)(=O)=O. The summed E-state index contributed by atoms with van der Waals surface area (Å²) in [5.41, 5.74) is 0.441. The van der Waals surface area contributed by atoms with Crippen LogP contribution in [-0.4, -0.2) is 75.8 Å². The zero-order valence-corrected chi connectivity index (χ0v) is 18.5. The Labute approximate surface area is 177 Å². The van der Waals surface area contributed by atoms with E-state index in [0.29, 0.717) is 25.3 Å². The van der Waals surface area contributed by atoms with Crippen LogP contribution in [0.25, 0.3) is 0 Å². The second kappa shape index (κ2) is 10.7. The number of aryl methyl sites for hydroxylation is 1. The van der Waals surface area contributed by atoms with E-state index >= 15 is 0 Å². The number of amides is 1. The fraction of sp³-hybridized carbons (Fsp3) is 0.632. The van der Waals surface area contributed by atoms with E-state index in [4.69, 9.17) is 4.74 Å². The molecule has 10 nitrogen and oxygen atoms in total. The Hall–Kier alpha value is -2.24. The largest absolute Gasteiger partial charge is 0.379 e. The number of hydrogen-bond donors (Lipinski definition) is 1. The lowest BCUT2D eigenvalue weighted by atomic mass is 10.1. The van der Waals surface area contributed by atoms with Crippen molar-refractivity contribution in [1.82, 2.24) is 10.2 Å². The van der Waals surface area contributed by atoms with Gasteiger partial charge < -0.3 is 10.1 Å². The fourth-order valence-corrected chi connectivity index (χ4v) is 4.70. The normalized spacial score (nSPS) is 16.1. The van der Waals surface area contributed by atoms with Crippen molar-refractivity contribution < 1.29 is 22.9 Å². The second-order valence-electron chi connectivity index (χ2n) is 7.31. The Morgan fingerprint density at radius 3 is 2.60 bits per heavy atom. The Balaban J connectivity index is 2.13. The highest BCUT2D eigenvalue weighted by Gasteiger charge is 2.33. The molecule has 0 spiro atoms. The molecule has 1 N–H and O–H groups in total. The van der Waals surface area contributed by atoms with E-state index in [1.165, 1.54) is 18.2 Å². The van der Waals surface area contributed by atoms with Crippen LogP contribution < -0.4 is 9.62 Å². The van der Waals surface area contributed by atoms with Crippen molar-refractivity contribution in [2.24, 2.45) is 0 Å². The molecule has 0 saturated carbocycles. The molecule has 1 aliphatic heterocycles. The number of nitrogens with one attached hydrogen (secondary N) is 1. The van der Waals surface area contributed by atoms with E-state index in [9.17, 15) is 23.3 Å². The third-order valence-electron chi connectivity index (χ3n) is 5.02. The highest BCUT2D eigenvalue weighted by atomic mass is 32.2. The number of nitro benzene ring substituents is 1. The number of hydrogen-bond acceptors (Lipinski definition) is 7. The topological polar surface area (TPSA) is 122 Å². The molecular weight excluding hydrogens is 412 g/mol. The quantitative estimate of drug-likeness (QED) is 0.329. The van der Waals surface area contributed by atoms with Crippen LogP contribution >= 0.6 is 0 Å². The molecule has 1 aliphatic rings. The van der Waals surface area contributed by atoms with Crippen LogP contribution in [0.3, 0.4) is 0 Å². The molecule has 30 heavy (non-hydrogen) atoms. The first kappa shape index (κ1) is 24.0. The maximum absolute atomic E-state index is 12.8. The van der Waals surface area contributed by atoms with Crippen LogP contribution in [-0.2, 0) is 19.6 Å². The van der Waals surface area contributed by atoms with E-state index in [0.717, 1.165) is 36.6 Å². The molecule has 1 aromatic rings. The van der Waals surface area contributed by atoms with Gasteiger partial charge in [0.2, 0.25) is 15.9 Å². The summed E-state index contributed by atoms with van der Waals surface area (Å²) < 4.78 is 31.4. The summed E-state index contributed by atoms with van der Waals surface area (Å²) in [6, 6.07) is 3.00. The van der Waals surface area contributed by atoms with Gasteiger partial charge in [-0.25, -0.2) is 8.42 Å². The van der Waals surface area contributed by atoms with Crippen LogP contribution in [0.1, 0.15) is 25.3 Å². The van der Waals surface area contributed by atoms with E-state index in [2.05, 4.69) is 10.2 Å². The zero-order valence-electron chi connectivity index (χ0n) is 17.7. The maximum atomic E-state index is 12.8. The molecule has 0 aromatic heterocycles. The van der Waals surface area contributed by atoms with Crippen molar-refractivity contribution in [2.75, 3.05) is 50.0 Å². The number of carbonyl (C=O) groups is 1. The third-order valence-corrected chi connectivity index (χ3v) is 6.19. The molecule has 1 amide bonds. The molecule has 11 heteroatoms. The molecule has 1 heterocycles. The minimum atomic E-state index is -3.86. The van der Waals surface area contributed by atoms with Gasteiger partial charge in [0.1, 0.15) is 6.04 Å². The van der Waals surface area contributed by atoms with Gasteiger partial charge >= 0.3 is 0 Å². The summed E-state index contributed by atoms with van der Waals surface area (Å²) in [7, 11) is -3.86. The number of benzene rings is 1. The van der Waals surface area contributed by atoms with Gasteiger partial charge in [0, 0.05) is 31.8 Å². The monoisotopic (exact) mass is 442 g/mol. The Morgan fingerprint density at radius 2 is 2.03 bits per heavy atom. The molecule has 1 atom stereocenters. The van der Waals surface area contributed by atoms with E-state index in [1.54, 1.807) is 13.8 Å². The van der Waals surface area contributed by atoms with Gasteiger partial charge in [-0.3, -0.25) is 24.1 Å². The fourth-order valence-electron chi connectivity index (χ4n) is 3.44. The third kappa shape index (κ3) is 6.38. The number of morpholine rings is 1. The van der Waals surface area contributed by atoms with Crippen LogP contribution in [0.15, 0.2) is 18.2 Å². The molecule has 1 fully saturated rings. The molecule has 2 rings (SSSR count). The van der Waals surface area contributed by atoms with Crippen LogP contribution in [0.5, 0.6) is 0 Å². The number of rotatable bonds is 10. The number of anilines is 1. The predicted molar refractivity (Wildman–Crippen MR) is 114 cm³/mol. The number of nitro groups is 1. The van der Waals surface area contributed by atoms with Gasteiger partial charge in [-0.05, 0) is 31.9 Å². The molecule has 168 valence electrons. The van der Waals surface area contributed by atoms with Crippen molar-refractivity contribution in [1.29, 1.82) is 0 Å². The summed E-state index contributed by atoms with van der Waals surface area (Å²) in [6.07, 6.45) is 1.96. The second-order valence-corrected chi connectivity index (χ2v) is 9.17. The van der Waals surface area contributed by atoms with E-state index in [1.807, 2.05) is 0 Å². The van der Waals surface area contributed by atoms with Gasteiger partial charge in [0.15, 0.2) is 0 Å². The zero-order chi connectivity index (χ0) is 22.3. The first-order valence-corrected chi connectivity index (χ1v) is 11.8. The highest BCUT2D eigenvalue weighted by Crippen LogP contribution is 2.30. The Bertz CT molecular complexity index is 855. The van der Waals surface area contributed by atoms with Crippen molar-refractivity contribution >= 4 is 27.3 Å². The average molecular weight is 443 g/mol. The average Bonchev–Trinajstić information content (AvgIpc) is 2.69. The molecule has 0 unspecified atom stereocenters. The number of sulfonamides is 1. The van der Waals surface area contributed by atoms with Gasteiger partial charge in [-0.15, -0.1) is 0 Å². The number of non-ortho nitro benzene ring substituents is 1. The Morgan fingerprint density at radius 1 is 1.37 bits per heavy atom. The first-order valence-electron chi connectivity index (χ1n) is 9.97. The minimum Gasteiger partial charge on any atom is -0.379 e. The van der Waals surface area contributed by atoms with Gasteiger partial charge in [-0.2, -0.15) is 0 Å². The molecule has 0 radical (unpaired) electrons. The molecule has 0 bridgehead atoms.